The van der Waals surface area contributed by atoms with Crippen LogP contribution in [0.4, 0.5) is 0 Å². The third-order valence-corrected chi connectivity index (χ3v) is 11.3. The second kappa shape index (κ2) is 14.0. The number of unbranched alkanes of at least 4 members (excludes halogenated alkanes) is 6. The van der Waals surface area contributed by atoms with Crippen molar-refractivity contribution in [2.45, 2.75) is 103 Å². The van der Waals surface area contributed by atoms with Crippen LogP contribution in [0.2, 0.25) is 25.2 Å². The molecule has 0 saturated carbocycles. The number of aryl methyl sites for hydroxylation is 1. The summed E-state index contributed by atoms with van der Waals surface area (Å²) in [6, 6.07) is 18.1. The molecular weight excluding hydrogens is 450 g/mol. The van der Waals surface area contributed by atoms with Crippen LogP contribution >= 0.6 is 11.3 Å². The van der Waals surface area contributed by atoms with E-state index in [1.807, 2.05) is 0 Å². The molecule has 0 amide bonds. The second-order valence-electron chi connectivity index (χ2n) is 10.6. The summed E-state index contributed by atoms with van der Waals surface area (Å²) in [6.07, 6.45) is 13.1. The summed E-state index contributed by atoms with van der Waals surface area (Å²) in [6.45, 7) is 10.4. The van der Waals surface area contributed by atoms with E-state index in [1.165, 1.54) is 92.1 Å². The van der Waals surface area contributed by atoms with Gasteiger partial charge in [-0.05, 0) is 61.2 Å². The predicted octanol–water partition coefficient (Wildman–Crippen LogP) is 10.1. The summed E-state index contributed by atoms with van der Waals surface area (Å²) >= 11 is 1.80. The Kier molecular flexibility index (Phi) is 11.1. The Labute approximate surface area is 213 Å². The van der Waals surface area contributed by atoms with Crippen LogP contribution in [0.1, 0.15) is 77.2 Å². The molecule has 3 rings (SSSR count). The van der Waals surface area contributed by atoms with Crippen LogP contribution in [0.3, 0.4) is 0 Å². The number of fused-ring (bicyclic) bond motifs is 1. The number of rotatable bonds is 16. The van der Waals surface area contributed by atoms with Crippen molar-refractivity contribution in [3.8, 4) is 16.3 Å². The Hall–Kier alpha value is -1.65. The number of ether oxygens (including phenoxy) is 1. The highest BCUT2D eigenvalue weighted by molar-refractivity contribution is 7.21. The highest BCUT2D eigenvalue weighted by Crippen LogP contribution is 2.32. The van der Waals surface area contributed by atoms with E-state index in [2.05, 4.69) is 69.4 Å². The van der Waals surface area contributed by atoms with E-state index in [0.29, 0.717) is 0 Å². The molecule has 0 aliphatic carbocycles. The van der Waals surface area contributed by atoms with Crippen LogP contribution in [-0.4, -0.2) is 19.7 Å². The lowest BCUT2D eigenvalue weighted by molar-refractivity contribution is 0.316. The van der Waals surface area contributed by atoms with E-state index in [4.69, 9.17) is 9.72 Å². The van der Waals surface area contributed by atoms with Gasteiger partial charge in [-0.25, -0.2) is 4.98 Å². The maximum atomic E-state index is 6.04. The average molecular weight is 496 g/mol. The lowest BCUT2D eigenvalue weighted by Crippen LogP contribution is -2.25. The smallest absolute Gasteiger partial charge is 0.124 e. The largest absolute Gasteiger partial charge is 0.494 e. The zero-order chi connectivity index (χ0) is 24.2. The normalized spacial score (nSPS) is 11.9. The highest BCUT2D eigenvalue weighted by atomic mass is 32.1. The molecule has 0 saturated heterocycles. The molecule has 3 aromatic rings. The fourth-order valence-corrected chi connectivity index (χ4v) is 8.27. The molecular formula is C30H45NOSSi. The lowest BCUT2D eigenvalue weighted by Gasteiger charge is -2.21. The van der Waals surface area contributed by atoms with Crippen molar-refractivity contribution >= 4 is 29.6 Å². The van der Waals surface area contributed by atoms with Crippen molar-refractivity contribution in [2.75, 3.05) is 6.61 Å². The number of nitrogens with zero attached hydrogens (tertiary/aromatic N) is 1. The molecule has 0 aliphatic rings. The van der Waals surface area contributed by atoms with Crippen molar-refractivity contribution in [2.24, 2.45) is 0 Å². The van der Waals surface area contributed by atoms with Gasteiger partial charge in [-0.15, -0.1) is 11.3 Å². The summed E-state index contributed by atoms with van der Waals surface area (Å²) < 4.78 is 7.34. The highest BCUT2D eigenvalue weighted by Gasteiger charge is 2.19. The summed E-state index contributed by atoms with van der Waals surface area (Å²) in [4.78, 5) is 4.89. The van der Waals surface area contributed by atoms with Gasteiger partial charge < -0.3 is 4.74 Å². The number of benzene rings is 2. The molecule has 0 unspecified atom stereocenters. The molecule has 0 N–H and O–H groups in total. The topological polar surface area (TPSA) is 22.1 Å². The van der Waals surface area contributed by atoms with Crippen LogP contribution < -0.4 is 4.74 Å². The maximum Gasteiger partial charge on any atom is 0.124 e. The van der Waals surface area contributed by atoms with E-state index in [1.54, 1.807) is 11.3 Å². The first-order valence-corrected chi connectivity index (χ1v) is 17.9. The first kappa shape index (κ1) is 26.9. The SMILES string of the molecule is CCCCCCCCc1ccc2nc(-c3ccc(OCCC[Si](C)(C)CCCC)cc3)sc2c1. The van der Waals surface area contributed by atoms with Gasteiger partial charge in [0.1, 0.15) is 10.8 Å². The standard InChI is InChI=1S/C30H45NOSSi/c1-5-7-9-10-11-12-14-25-15-20-28-29(24-25)33-30(31-28)26-16-18-27(19-17-26)32-21-13-23-34(3,4)22-8-6-2/h15-20,24H,5-14,21-23H2,1-4H3. The summed E-state index contributed by atoms with van der Waals surface area (Å²) in [7, 11) is -1.04. The molecule has 34 heavy (non-hydrogen) atoms. The number of hydrogen-bond acceptors (Lipinski definition) is 3. The maximum absolute atomic E-state index is 6.04. The van der Waals surface area contributed by atoms with Crippen molar-refractivity contribution in [3.63, 3.8) is 0 Å². The van der Waals surface area contributed by atoms with Gasteiger partial charge in [0.15, 0.2) is 0 Å². The molecule has 0 atom stereocenters. The molecule has 4 heteroatoms. The summed E-state index contributed by atoms with van der Waals surface area (Å²) in [5, 5.41) is 1.10. The van der Waals surface area contributed by atoms with E-state index in [0.717, 1.165) is 22.9 Å². The van der Waals surface area contributed by atoms with Gasteiger partial charge in [-0.3, -0.25) is 0 Å². The summed E-state index contributed by atoms with van der Waals surface area (Å²) in [5.41, 5.74) is 3.74. The van der Waals surface area contributed by atoms with Gasteiger partial charge in [-0.1, -0.05) is 90.0 Å². The van der Waals surface area contributed by atoms with Crippen LogP contribution in [0.5, 0.6) is 5.75 Å². The second-order valence-corrected chi connectivity index (χ2v) is 16.9. The summed E-state index contributed by atoms with van der Waals surface area (Å²) in [5.74, 6) is 0.971. The van der Waals surface area contributed by atoms with Gasteiger partial charge in [0, 0.05) is 13.6 Å². The zero-order valence-corrected chi connectivity index (χ0v) is 23.8. The minimum absolute atomic E-state index is 0.824. The van der Waals surface area contributed by atoms with E-state index in [9.17, 15) is 0 Å². The Bertz CT molecular complexity index is 979. The molecule has 2 aromatic carbocycles. The van der Waals surface area contributed by atoms with E-state index >= 15 is 0 Å². The molecule has 0 spiro atoms. The monoisotopic (exact) mass is 495 g/mol. The van der Waals surface area contributed by atoms with Crippen molar-refractivity contribution in [1.29, 1.82) is 0 Å². The Morgan fingerprint density at radius 2 is 1.50 bits per heavy atom. The van der Waals surface area contributed by atoms with Crippen molar-refractivity contribution in [1.82, 2.24) is 4.98 Å². The minimum Gasteiger partial charge on any atom is -0.494 e. The minimum atomic E-state index is -1.04. The van der Waals surface area contributed by atoms with E-state index < -0.39 is 8.07 Å². The lowest BCUT2D eigenvalue weighted by atomic mass is 10.0. The van der Waals surface area contributed by atoms with Gasteiger partial charge in [0.25, 0.3) is 0 Å². The Morgan fingerprint density at radius 1 is 0.794 bits per heavy atom. The number of hydrogen-bond donors (Lipinski definition) is 0. The molecule has 2 nitrogen and oxygen atoms in total. The van der Waals surface area contributed by atoms with Crippen LogP contribution in [0, 0.1) is 0 Å². The first-order valence-electron chi connectivity index (χ1n) is 13.6. The zero-order valence-electron chi connectivity index (χ0n) is 22.0. The fourth-order valence-electron chi connectivity index (χ4n) is 4.57. The predicted molar refractivity (Wildman–Crippen MR) is 154 cm³/mol. The van der Waals surface area contributed by atoms with Crippen molar-refractivity contribution < 1.29 is 4.74 Å². The van der Waals surface area contributed by atoms with Crippen LogP contribution in [0.25, 0.3) is 20.8 Å². The van der Waals surface area contributed by atoms with E-state index in [-0.39, 0.29) is 0 Å². The van der Waals surface area contributed by atoms with Gasteiger partial charge in [0.05, 0.1) is 16.8 Å². The molecule has 1 aromatic heterocycles. The quantitative estimate of drug-likeness (QED) is 0.146. The molecule has 0 fully saturated rings. The molecule has 0 bridgehead atoms. The Morgan fingerprint density at radius 3 is 2.26 bits per heavy atom. The number of aromatic nitrogens is 1. The van der Waals surface area contributed by atoms with Crippen molar-refractivity contribution in [3.05, 3.63) is 48.0 Å². The third kappa shape index (κ3) is 8.85. The fraction of sp³-hybridized carbons (Fsp3) is 0.567. The van der Waals surface area contributed by atoms with Gasteiger partial charge >= 0.3 is 0 Å². The van der Waals surface area contributed by atoms with Crippen LogP contribution in [-0.2, 0) is 6.42 Å². The molecule has 0 radical (unpaired) electrons. The molecule has 186 valence electrons. The van der Waals surface area contributed by atoms with Gasteiger partial charge in [-0.2, -0.15) is 0 Å². The number of thiazole rings is 1. The Balaban J connectivity index is 1.48. The van der Waals surface area contributed by atoms with Gasteiger partial charge in [0.2, 0.25) is 0 Å². The molecule has 0 aliphatic heterocycles. The average Bonchev–Trinajstić information content (AvgIpc) is 3.27. The molecule has 1 heterocycles. The first-order chi connectivity index (χ1) is 16.5. The van der Waals surface area contributed by atoms with Crippen LogP contribution in [0.15, 0.2) is 42.5 Å². The third-order valence-electron chi connectivity index (χ3n) is 6.85.